The van der Waals surface area contributed by atoms with Gasteiger partial charge in [-0.25, -0.2) is 4.79 Å². The van der Waals surface area contributed by atoms with E-state index in [0.29, 0.717) is 18.7 Å². The molecule has 0 radical (unpaired) electrons. The summed E-state index contributed by atoms with van der Waals surface area (Å²) < 4.78 is 5.52. The van der Waals surface area contributed by atoms with Crippen LogP contribution in [0, 0.1) is 0 Å². The predicted octanol–water partition coefficient (Wildman–Crippen LogP) is 1.97. The monoisotopic (exact) mass is 366 g/mol. The Morgan fingerprint density at radius 1 is 1.26 bits per heavy atom. The maximum atomic E-state index is 12.3. The molecule has 1 unspecified atom stereocenters. The number of amides is 3. The molecule has 2 aliphatic rings. The lowest BCUT2D eigenvalue weighted by Gasteiger charge is -2.24. The van der Waals surface area contributed by atoms with Gasteiger partial charge in [0.1, 0.15) is 0 Å². The molecule has 3 heterocycles. The number of urea groups is 1. The van der Waals surface area contributed by atoms with E-state index in [1.54, 1.807) is 29.4 Å². The van der Waals surface area contributed by atoms with Crippen molar-refractivity contribution in [1.29, 1.82) is 0 Å². The van der Waals surface area contributed by atoms with Gasteiger partial charge < -0.3 is 20.7 Å². The van der Waals surface area contributed by atoms with Crippen LogP contribution in [0.3, 0.4) is 0 Å². The van der Waals surface area contributed by atoms with E-state index in [1.807, 2.05) is 18.2 Å². The standard InChI is InChI=1S/C20H22N4O3/c21-20(26)24-12-15-10-22-8-7-17(15)18(24)13-3-5-14(6-4-13)19(25)23-11-16-2-1-9-27-16/h3-8,10,16,18H,1-2,9,11-12H2,(H2,21,26)(H,23,25)/t16-,18?/m0/s1. The third-order valence-electron chi connectivity index (χ3n) is 5.17. The van der Waals surface area contributed by atoms with Crippen molar-refractivity contribution in [3.63, 3.8) is 0 Å². The molecule has 1 aromatic heterocycles. The van der Waals surface area contributed by atoms with Gasteiger partial charge in [-0.05, 0) is 47.7 Å². The number of ether oxygens (including phenoxy) is 1. The number of hydrogen-bond donors (Lipinski definition) is 2. The number of carbonyl (C=O) groups is 2. The van der Waals surface area contributed by atoms with Crippen LogP contribution in [0.1, 0.15) is 45.9 Å². The molecular weight excluding hydrogens is 344 g/mol. The first kappa shape index (κ1) is 17.5. The molecule has 3 amide bonds. The summed E-state index contributed by atoms with van der Waals surface area (Å²) in [5.74, 6) is -0.125. The van der Waals surface area contributed by atoms with E-state index in [0.717, 1.165) is 36.1 Å². The van der Waals surface area contributed by atoms with Gasteiger partial charge in [-0.3, -0.25) is 9.78 Å². The van der Waals surface area contributed by atoms with Gasteiger partial charge in [0.05, 0.1) is 18.7 Å². The molecule has 0 spiro atoms. The Kier molecular flexibility index (Phi) is 4.77. The number of nitrogens with one attached hydrogen (secondary N) is 1. The van der Waals surface area contributed by atoms with Crippen LogP contribution in [0.4, 0.5) is 4.79 Å². The van der Waals surface area contributed by atoms with Gasteiger partial charge in [-0.1, -0.05) is 12.1 Å². The minimum Gasteiger partial charge on any atom is -0.376 e. The maximum Gasteiger partial charge on any atom is 0.315 e. The second kappa shape index (κ2) is 7.36. The Bertz CT molecular complexity index is 847. The first-order valence-electron chi connectivity index (χ1n) is 9.12. The number of fused-ring (bicyclic) bond motifs is 1. The molecular formula is C20H22N4O3. The van der Waals surface area contributed by atoms with E-state index in [9.17, 15) is 9.59 Å². The molecule has 1 aromatic carbocycles. The molecule has 2 atom stereocenters. The number of rotatable bonds is 4. The summed E-state index contributed by atoms with van der Waals surface area (Å²) in [4.78, 5) is 30.0. The SMILES string of the molecule is NC(=O)N1Cc2cnccc2C1c1ccc(C(=O)NC[C@@H]2CCCO2)cc1. The van der Waals surface area contributed by atoms with Crippen molar-refractivity contribution in [1.82, 2.24) is 15.2 Å². The number of nitrogens with two attached hydrogens (primary N) is 1. The molecule has 7 heteroatoms. The second-order valence-corrected chi connectivity index (χ2v) is 6.91. The van der Waals surface area contributed by atoms with Crippen molar-refractivity contribution < 1.29 is 14.3 Å². The first-order chi connectivity index (χ1) is 13.1. The predicted molar refractivity (Wildman–Crippen MR) is 99.0 cm³/mol. The summed E-state index contributed by atoms with van der Waals surface area (Å²) in [6, 6.07) is 8.47. The topological polar surface area (TPSA) is 97.6 Å². The quantitative estimate of drug-likeness (QED) is 0.864. The van der Waals surface area contributed by atoms with E-state index in [2.05, 4.69) is 10.3 Å². The van der Waals surface area contributed by atoms with Gasteiger partial charge in [0.15, 0.2) is 0 Å². The zero-order chi connectivity index (χ0) is 18.8. The lowest BCUT2D eigenvalue weighted by molar-refractivity contribution is 0.0857. The largest absolute Gasteiger partial charge is 0.376 e. The van der Waals surface area contributed by atoms with Gasteiger partial charge >= 0.3 is 6.03 Å². The first-order valence-corrected chi connectivity index (χ1v) is 9.12. The van der Waals surface area contributed by atoms with Crippen molar-refractivity contribution in [3.8, 4) is 0 Å². The Labute approximate surface area is 157 Å². The highest BCUT2D eigenvalue weighted by atomic mass is 16.5. The second-order valence-electron chi connectivity index (χ2n) is 6.91. The van der Waals surface area contributed by atoms with E-state index in [1.165, 1.54) is 0 Å². The molecule has 0 saturated carbocycles. The van der Waals surface area contributed by atoms with Gasteiger partial charge in [0.2, 0.25) is 0 Å². The van der Waals surface area contributed by atoms with Gasteiger partial charge in [0.25, 0.3) is 5.91 Å². The van der Waals surface area contributed by atoms with Crippen LogP contribution in [0.2, 0.25) is 0 Å². The van der Waals surface area contributed by atoms with Crippen molar-refractivity contribution in [2.75, 3.05) is 13.2 Å². The molecule has 0 aliphatic carbocycles. The van der Waals surface area contributed by atoms with Crippen LogP contribution < -0.4 is 11.1 Å². The molecule has 3 N–H and O–H groups in total. The summed E-state index contributed by atoms with van der Waals surface area (Å²) in [7, 11) is 0. The molecule has 1 fully saturated rings. The van der Waals surface area contributed by atoms with E-state index in [-0.39, 0.29) is 18.1 Å². The number of benzene rings is 1. The fraction of sp³-hybridized carbons (Fsp3) is 0.350. The Hall–Kier alpha value is -2.93. The number of aromatic nitrogens is 1. The van der Waals surface area contributed by atoms with Crippen molar-refractivity contribution in [3.05, 3.63) is 65.0 Å². The highest BCUT2D eigenvalue weighted by Gasteiger charge is 2.33. The summed E-state index contributed by atoms with van der Waals surface area (Å²) in [5, 5.41) is 2.92. The summed E-state index contributed by atoms with van der Waals surface area (Å²) in [5.41, 5.74) is 9.06. The number of pyridine rings is 1. The van der Waals surface area contributed by atoms with Crippen LogP contribution in [0.25, 0.3) is 0 Å². The number of carbonyl (C=O) groups excluding carboxylic acids is 2. The van der Waals surface area contributed by atoms with Gasteiger partial charge in [0, 0.05) is 31.1 Å². The molecule has 4 rings (SSSR count). The summed E-state index contributed by atoms with van der Waals surface area (Å²) in [6.45, 7) is 1.73. The van der Waals surface area contributed by atoms with Crippen LogP contribution in [-0.4, -0.2) is 41.1 Å². The summed E-state index contributed by atoms with van der Waals surface area (Å²) >= 11 is 0. The highest BCUT2D eigenvalue weighted by Crippen LogP contribution is 2.37. The molecule has 2 aromatic rings. The maximum absolute atomic E-state index is 12.3. The number of nitrogens with zero attached hydrogens (tertiary/aromatic N) is 2. The number of hydrogen-bond acceptors (Lipinski definition) is 4. The fourth-order valence-electron chi connectivity index (χ4n) is 3.77. The fourth-order valence-corrected chi connectivity index (χ4v) is 3.77. The number of primary amides is 1. The molecule has 1 saturated heterocycles. The minimum atomic E-state index is -0.477. The Morgan fingerprint density at radius 2 is 2.07 bits per heavy atom. The van der Waals surface area contributed by atoms with Crippen molar-refractivity contribution >= 4 is 11.9 Å². The van der Waals surface area contributed by atoms with Crippen LogP contribution in [0.5, 0.6) is 0 Å². The molecule has 2 aliphatic heterocycles. The molecule has 27 heavy (non-hydrogen) atoms. The Balaban J connectivity index is 1.50. The summed E-state index contributed by atoms with van der Waals surface area (Å²) in [6.07, 6.45) is 5.62. The molecule has 0 bridgehead atoms. The Morgan fingerprint density at radius 3 is 2.78 bits per heavy atom. The molecule has 7 nitrogen and oxygen atoms in total. The highest BCUT2D eigenvalue weighted by molar-refractivity contribution is 5.94. The minimum absolute atomic E-state index is 0.112. The van der Waals surface area contributed by atoms with Crippen molar-refractivity contribution in [2.45, 2.75) is 31.5 Å². The average molecular weight is 366 g/mol. The van der Waals surface area contributed by atoms with Gasteiger partial charge in [-0.15, -0.1) is 0 Å². The van der Waals surface area contributed by atoms with Crippen LogP contribution in [-0.2, 0) is 11.3 Å². The lowest BCUT2D eigenvalue weighted by atomic mass is 9.98. The lowest BCUT2D eigenvalue weighted by Crippen LogP contribution is -2.34. The van der Waals surface area contributed by atoms with E-state index >= 15 is 0 Å². The van der Waals surface area contributed by atoms with Crippen LogP contribution >= 0.6 is 0 Å². The average Bonchev–Trinajstić information content (AvgIpc) is 3.34. The normalized spacial score (nSPS) is 21.1. The van der Waals surface area contributed by atoms with Gasteiger partial charge in [-0.2, -0.15) is 0 Å². The van der Waals surface area contributed by atoms with E-state index < -0.39 is 6.03 Å². The van der Waals surface area contributed by atoms with E-state index in [4.69, 9.17) is 10.5 Å². The van der Waals surface area contributed by atoms with Crippen molar-refractivity contribution in [2.24, 2.45) is 5.73 Å². The zero-order valence-electron chi connectivity index (χ0n) is 14.9. The smallest absolute Gasteiger partial charge is 0.315 e. The molecule has 140 valence electrons. The third kappa shape index (κ3) is 3.50. The zero-order valence-corrected chi connectivity index (χ0v) is 14.9. The van der Waals surface area contributed by atoms with Crippen LogP contribution in [0.15, 0.2) is 42.7 Å². The third-order valence-corrected chi connectivity index (χ3v) is 5.17.